The molecule has 0 amide bonds. The van der Waals surface area contributed by atoms with E-state index in [1.807, 2.05) is 0 Å². The quantitative estimate of drug-likeness (QED) is 0.766. The number of hydrogen-bond donors (Lipinski definition) is 2. The lowest BCUT2D eigenvalue weighted by Gasteiger charge is -2.13. The zero-order chi connectivity index (χ0) is 17.4. The first kappa shape index (κ1) is 15.6. The molecule has 1 heterocycles. The summed E-state index contributed by atoms with van der Waals surface area (Å²) >= 11 is 0. The van der Waals surface area contributed by atoms with Crippen LogP contribution < -0.4 is 10.5 Å². The molecular weight excluding hydrogens is 320 g/mol. The molecule has 0 saturated carbocycles. The molecule has 0 bridgehead atoms. The van der Waals surface area contributed by atoms with Crippen molar-refractivity contribution in [2.75, 3.05) is 12.8 Å². The number of carboxylic acid groups (broad SMARTS) is 1. The second-order valence-electron chi connectivity index (χ2n) is 4.93. The summed E-state index contributed by atoms with van der Waals surface area (Å²) in [6.07, 6.45) is 0. The predicted octanol–water partition coefficient (Wildman–Crippen LogP) is 2.86. The van der Waals surface area contributed by atoms with Crippen molar-refractivity contribution in [3.05, 3.63) is 47.7 Å². The SMILES string of the molecule is COc1ccc(F)cc1-c1c(F)ccc2c(N)c(C(=O)O)nnc12. The van der Waals surface area contributed by atoms with Gasteiger partial charge in [-0.05, 0) is 30.3 Å². The van der Waals surface area contributed by atoms with Crippen LogP contribution in [0.2, 0.25) is 0 Å². The normalized spacial score (nSPS) is 10.8. The van der Waals surface area contributed by atoms with Gasteiger partial charge in [-0.15, -0.1) is 10.2 Å². The van der Waals surface area contributed by atoms with Crippen molar-refractivity contribution in [1.29, 1.82) is 0 Å². The average Bonchev–Trinajstić information content (AvgIpc) is 2.54. The number of aromatic carboxylic acids is 1. The van der Waals surface area contributed by atoms with E-state index in [1.165, 1.54) is 25.3 Å². The number of carboxylic acids is 1. The van der Waals surface area contributed by atoms with Crippen molar-refractivity contribution in [3.8, 4) is 16.9 Å². The maximum absolute atomic E-state index is 14.4. The molecule has 3 N–H and O–H groups in total. The number of hydrogen-bond acceptors (Lipinski definition) is 5. The van der Waals surface area contributed by atoms with Crippen molar-refractivity contribution in [2.45, 2.75) is 0 Å². The van der Waals surface area contributed by atoms with E-state index in [1.54, 1.807) is 0 Å². The van der Waals surface area contributed by atoms with Crippen molar-refractivity contribution in [3.63, 3.8) is 0 Å². The highest BCUT2D eigenvalue weighted by Gasteiger charge is 2.21. The molecule has 0 saturated heterocycles. The van der Waals surface area contributed by atoms with Gasteiger partial charge in [-0.3, -0.25) is 0 Å². The summed E-state index contributed by atoms with van der Waals surface area (Å²) in [6.45, 7) is 0. The largest absolute Gasteiger partial charge is 0.496 e. The second-order valence-corrected chi connectivity index (χ2v) is 4.93. The third-order valence-corrected chi connectivity index (χ3v) is 3.56. The van der Waals surface area contributed by atoms with Gasteiger partial charge in [0.25, 0.3) is 0 Å². The van der Waals surface area contributed by atoms with Gasteiger partial charge in [0, 0.05) is 16.5 Å². The number of anilines is 1. The molecule has 0 aliphatic heterocycles. The van der Waals surface area contributed by atoms with Crippen LogP contribution in [0.4, 0.5) is 14.5 Å². The fraction of sp³-hybridized carbons (Fsp3) is 0.0625. The van der Waals surface area contributed by atoms with Gasteiger partial charge >= 0.3 is 5.97 Å². The monoisotopic (exact) mass is 331 g/mol. The molecule has 0 unspecified atom stereocenters. The van der Waals surface area contributed by atoms with Gasteiger partial charge in [0.2, 0.25) is 0 Å². The van der Waals surface area contributed by atoms with Crippen LogP contribution in [0.5, 0.6) is 5.75 Å². The first-order chi connectivity index (χ1) is 11.4. The Labute approximate surface area is 134 Å². The molecule has 0 fully saturated rings. The molecule has 8 heteroatoms. The number of halogens is 2. The summed E-state index contributed by atoms with van der Waals surface area (Å²) in [5, 5.41) is 16.6. The van der Waals surface area contributed by atoms with E-state index in [2.05, 4.69) is 10.2 Å². The Morgan fingerprint density at radius 2 is 1.96 bits per heavy atom. The molecule has 24 heavy (non-hydrogen) atoms. The first-order valence-corrected chi connectivity index (χ1v) is 6.75. The Bertz CT molecular complexity index is 976. The Balaban J connectivity index is 2.41. The second kappa shape index (κ2) is 5.73. The predicted molar refractivity (Wildman–Crippen MR) is 82.8 cm³/mol. The number of methoxy groups -OCH3 is 1. The fourth-order valence-electron chi connectivity index (χ4n) is 2.46. The number of nitrogens with zero attached hydrogens (tertiary/aromatic N) is 2. The number of nitrogens with two attached hydrogens (primary N) is 1. The molecule has 2 aromatic carbocycles. The van der Waals surface area contributed by atoms with E-state index >= 15 is 0 Å². The zero-order valence-electron chi connectivity index (χ0n) is 12.4. The minimum Gasteiger partial charge on any atom is -0.496 e. The molecule has 0 aliphatic rings. The number of rotatable bonds is 3. The summed E-state index contributed by atoms with van der Waals surface area (Å²) in [7, 11) is 1.36. The van der Waals surface area contributed by atoms with Crippen LogP contribution in [-0.2, 0) is 0 Å². The van der Waals surface area contributed by atoms with Gasteiger partial charge in [-0.1, -0.05) is 0 Å². The van der Waals surface area contributed by atoms with Crippen LogP contribution in [0.3, 0.4) is 0 Å². The van der Waals surface area contributed by atoms with E-state index in [0.29, 0.717) is 0 Å². The van der Waals surface area contributed by atoms with Crippen molar-refractivity contribution >= 4 is 22.6 Å². The summed E-state index contributed by atoms with van der Waals surface area (Å²) in [6, 6.07) is 6.03. The lowest BCUT2D eigenvalue weighted by Crippen LogP contribution is -2.08. The van der Waals surface area contributed by atoms with E-state index in [0.717, 1.165) is 12.1 Å². The Morgan fingerprint density at radius 1 is 1.21 bits per heavy atom. The number of carbonyl (C=O) groups is 1. The Hall–Kier alpha value is -3.29. The van der Waals surface area contributed by atoms with Gasteiger partial charge < -0.3 is 15.6 Å². The molecule has 0 aliphatic carbocycles. The lowest BCUT2D eigenvalue weighted by molar-refractivity contribution is 0.0691. The number of fused-ring (bicyclic) bond motifs is 1. The average molecular weight is 331 g/mol. The molecular formula is C16H11F2N3O3. The minimum absolute atomic E-state index is 0.0152. The fourth-order valence-corrected chi connectivity index (χ4v) is 2.46. The van der Waals surface area contributed by atoms with Gasteiger partial charge in [-0.25, -0.2) is 13.6 Å². The maximum Gasteiger partial charge on any atom is 0.358 e. The van der Waals surface area contributed by atoms with Gasteiger partial charge in [0.05, 0.1) is 12.8 Å². The molecule has 0 spiro atoms. The Morgan fingerprint density at radius 3 is 2.62 bits per heavy atom. The van der Waals surface area contributed by atoms with Gasteiger partial charge in [-0.2, -0.15) is 0 Å². The van der Waals surface area contributed by atoms with E-state index in [4.69, 9.17) is 15.6 Å². The summed E-state index contributed by atoms with van der Waals surface area (Å²) in [4.78, 5) is 11.1. The van der Waals surface area contributed by atoms with E-state index in [9.17, 15) is 13.6 Å². The highest BCUT2D eigenvalue weighted by atomic mass is 19.1. The number of nitrogen functional groups attached to an aromatic ring is 1. The molecule has 1 aromatic heterocycles. The maximum atomic E-state index is 14.4. The third kappa shape index (κ3) is 2.37. The number of aromatic nitrogens is 2. The molecule has 3 aromatic rings. The van der Waals surface area contributed by atoms with Crippen LogP contribution in [0, 0.1) is 11.6 Å². The number of ether oxygens (including phenoxy) is 1. The molecule has 122 valence electrons. The Kier molecular flexibility index (Phi) is 3.72. The number of benzene rings is 2. The summed E-state index contributed by atoms with van der Waals surface area (Å²) in [5.74, 6) is -2.41. The smallest absolute Gasteiger partial charge is 0.358 e. The van der Waals surface area contributed by atoms with Crippen LogP contribution in [0.15, 0.2) is 30.3 Å². The van der Waals surface area contributed by atoms with Crippen molar-refractivity contribution < 1.29 is 23.4 Å². The highest BCUT2D eigenvalue weighted by molar-refractivity contribution is 6.06. The van der Waals surface area contributed by atoms with Gasteiger partial charge in [0.1, 0.15) is 22.9 Å². The zero-order valence-corrected chi connectivity index (χ0v) is 12.4. The summed E-state index contributed by atoms with van der Waals surface area (Å²) in [5.41, 5.74) is 5.29. The third-order valence-electron chi connectivity index (χ3n) is 3.56. The molecule has 0 radical (unpaired) electrons. The van der Waals surface area contributed by atoms with Crippen molar-refractivity contribution in [2.24, 2.45) is 0 Å². The van der Waals surface area contributed by atoms with E-state index in [-0.39, 0.29) is 33.5 Å². The van der Waals surface area contributed by atoms with E-state index < -0.39 is 23.3 Å². The molecule has 0 atom stereocenters. The van der Waals surface area contributed by atoms with Crippen molar-refractivity contribution in [1.82, 2.24) is 10.2 Å². The summed E-state index contributed by atoms with van der Waals surface area (Å²) < 4.78 is 33.2. The topological polar surface area (TPSA) is 98.3 Å². The highest BCUT2D eigenvalue weighted by Crippen LogP contribution is 2.38. The lowest BCUT2D eigenvalue weighted by atomic mass is 9.99. The van der Waals surface area contributed by atoms with Gasteiger partial charge in [0.15, 0.2) is 5.69 Å². The molecule has 3 rings (SSSR count). The first-order valence-electron chi connectivity index (χ1n) is 6.75. The molecule has 6 nitrogen and oxygen atoms in total. The standard InChI is InChI=1S/C16H11F2N3O3/c1-24-11-5-2-7(17)6-9(11)12-10(18)4-3-8-13(19)15(16(22)23)21-20-14(8)12/h2-6H,1H3,(H2,19,20)(H,22,23). The van der Waals surface area contributed by atoms with Crippen LogP contribution in [-0.4, -0.2) is 28.4 Å². The van der Waals surface area contributed by atoms with Crippen LogP contribution in [0.1, 0.15) is 10.5 Å². The van der Waals surface area contributed by atoms with Crippen LogP contribution in [0.25, 0.3) is 22.0 Å². The van der Waals surface area contributed by atoms with Crippen LogP contribution >= 0.6 is 0 Å². The minimum atomic E-state index is -1.35.